The van der Waals surface area contributed by atoms with Crippen molar-refractivity contribution in [1.82, 2.24) is 15.6 Å². The van der Waals surface area contributed by atoms with E-state index in [4.69, 9.17) is 11.6 Å². The van der Waals surface area contributed by atoms with E-state index in [0.29, 0.717) is 23.8 Å². The monoisotopic (exact) mass is 468 g/mol. The fraction of sp³-hybridized carbons (Fsp3) is 0.308. The largest absolute Gasteiger partial charge is 0.380 e. The summed E-state index contributed by atoms with van der Waals surface area (Å²) in [5.74, 6) is -0.578. The highest BCUT2D eigenvalue weighted by molar-refractivity contribution is 6.33. The molecule has 0 saturated carbocycles. The van der Waals surface area contributed by atoms with Crippen LogP contribution in [0.25, 0.3) is 0 Å². The third kappa shape index (κ3) is 8.15. The van der Waals surface area contributed by atoms with Crippen LogP contribution in [0.15, 0.2) is 60.8 Å². The number of halogens is 2. The highest BCUT2D eigenvalue weighted by atomic mass is 35.5. The molecule has 0 fully saturated rings. The lowest BCUT2D eigenvalue weighted by Gasteiger charge is -2.11. The second kappa shape index (κ2) is 12.9. The van der Waals surface area contributed by atoms with Crippen LogP contribution in [-0.2, 0) is 19.5 Å². The van der Waals surface area contributed by atoms with Gasteiger partial charge in [-0.1, -0.05) is 49.2 Å². The summed E-state index contributed by atoms with van der Waals surface area (Å²) in [6.07, 6.45) is 5.00. The lowest BCUT2D eigenvalue weighted by molar-refractivity contribution is 0.0946. The predicted octanol–water partition coefficient (Wildman–Crippen LogP) is 5.35. The van der Waals surface area contributed by atoms with Crippen molar-refractivity contribution in [1.29, 1.82) is 0 Å². The number of amides is 1. The highest BCUT2D eigenvalue weighted by Crippen LogP contribution is 2.24. The van der Waals surface area contributed by atoms with Crippen LogP contribution < -0.4 is 16.0 Å². The molecule has 2 aromatic carbocycles. The van der Waals surface area contributed by atoms with Crippen LogP contribution in [0, 0.1) is 5.82 Å². The van der Waals surface area contributed by atoms with Crippen LogP contribution in [0.5, 0.6) is 0 Å². The number of hydrogen-bond donors (Lipinski definition) is 3. The van der Waals surface area contributed by atoms with Crippen molar-refractivity contribution in [3.05, 3.63) is 94.0 Å². The first kappa shape index (κ1) is 24.7. The maximum absolute atomic E-state index is 13.0. The Balaban J connectivity index is 1.49. The Hall–Kier alpha value is -2.96. The van der Waals surface area contributed by atoms with Crippen molar-refractivity contribution in [2.24, 2.45) is 0 Å². The number of anilines is 1. The van der Waals surface area contributed by atoms with Gasteiger partial charge in [0.05, 0.1) is 10.7 Å². The highest BCUT2D eigenvalue weighted by Gasteiger charge is 2.08. The molecule has 7 heteroatoms. The van der Waals surface area contributed by atoms with E-state index in [-0.39, 0.29) is 11.7 Å². The summed E-state index contributed by atoms with van der Waals surface area (Å²) in [5.41, 5.74) is 4.19. The molecule has 0 bridgehead atoms. The first-order valence-electron chi connectivity index (χ1n) is 11.3. The molecule has 33 heavy (non-hydrogen) atoms. The van der Waals surface area contributed by atoms with Gasteiger partial charge in [0.2, 0.25) is 0 Å². The van der Waals surface area contributed by atoms with E-state index >= 15 is 0 Å². The van der Waals surface area contributed by atoms with E-state index in [1.807, 2.05) is 12.1 Å². The zero-order valence-corrected chi connectivity index (χ0v) is 19.6. The van der Waals surface area contributed by atoms with Crippen molar-refractivity contribution < 1.29 is 9.18 Å². The Kier molecular flexibility index (Phi) is 9.66. The van der Waals surface area contributed by atoms with Gasteiger partial charge in [-0.3, -0.25) is 9.78 Å². The second-order valence-corrected chi connectivity index (χ2v) is 8.29. The molecule has 174 valence electrons. The molecule has 1 amide bonds. The van der Waals surface area contributed by atoms with Crippen molar-refractivity contribution >= 4 is 23.2 Å². The Bertz CT molecular complexity index is 1030. The van der Waals surface area contributed by atoms with Crippen LogP contribution in [0.1, 0.15) is 46.9 Å². The number of aromatic nitrogens is 1. The third-order valence-electron chi connectivity index (χ3n) is 5.23. The van der Waals surface area contributed by atoms with E-state index in [1.54, 1.807) is 24.4 Å². The van der Waals surface area contributed by atoms with Gasteiger partial charge in [-0.2, -0.15) is 0 Å². The molecule has 0 saturated heterocycles. The standard InChI is InChI=1S/C26H30ClFN4O/c1-2-3-13-29-14-12-19-6-10-23(27)25(15-19)31-18-21-7-11-24(30-17-21)26(33)32-16-20-4-8-22(28)9-5-20/h4-11,15,17,29,31H,2-3,12-14,16,18H2,1H3,(H,32,33). The molecule has 0 aliphatic carbocycles. The Morgan fingerprint density at radius 1 is 0.970 bits per heavy atom. The molecule has 0 unspecified atom stereocenters. The zero-order chi connectivity index (χ0) is 23.5. The van der Waals surface area contributed by atoms with Crippen LogP contribution in [0.2, 0.25) is 5.02 Å². The molecule has 0 spiro atoms. The molecule has 0 atom stereocenters. The van der Waals surface area contributed by atoms with Gasteiger partial charge in [0.15, 0.2) is 0 Å². The van der Waals surface area contributed by atoms with Gasteiger partial charge in [-0.25, -0.2) is 4.39 Å². The van der Waals surface area contributed by atoms with E-state index in [0.717, 1.165) is 36.3 Å². The van der Waals surface area contributed by atoms with Gasteiger partial charge in [0.25, 0.3) is 5.91 Å². The summed E-state index contributed by atoms with van der Waals surface area (Å²) in [7, 11) is 0. The number of benzene rings is 2. The van der Waals surface area contributed by atoms with Crippen molar-refractivity contribution in [2.75, 3.05) is 18.4 Å². The minimum atomic E-state index is -0.302. The maximum Gasteiger partial charge on any atom is 0.270 e. The number of carbonyl (C=O) groups excluding carboxylic acids is 1. The number of pyridine rings is 1. The number of rotatable bonds is 12. The van der Waals surface area contributed by atoms with Gasteiger partial charge in [0.1, 0.15) is 11.5 Å². The molecule has 3 aromatic rings. The number of hydrogen-bond acceptors (Lipinski definition) is 4. The second-order valence-electron chi connectivity index (χ2n) is 7.88. The minimum Gasteiger partial charge on any atom is -0.380 e. The van der Waals surface area contributed by atoms with Crippen LogP contribution in [0.4, 0.5) is 10.1 Å². The summed E-state index contributed by atoms with van der Waals surface area (Å²) >= 11 is 6.36. The van der Waals surface area contributed by atoms with Crippen LogP contribution in [0.3, 0.4) is 0 Å². The SMILES string of the molecule is CCCCNCCc1ccc(Cl)c(NCc2ccc(C(=O)NCc3ccc(F)cc3)nc2)c1. The predicted molar refractivity (Wildman–Crippen MR) is 132 cm³/mol. The van der Waals surface area contributed by atoms with Crippen LogP contribution >= 0.6 is 11.6 Å². The molecule has 0 aliphatic heterocycles. The van der Waals surface area contributed by atoms with E-state index in [1.165, 1.54) is 30.5 Å². The first-order chi connectivity index (χ1) is 16.0. The zero-order valence-electron chi connectivity index (χ0n) is 18.8. The number of nitrogens with one attached hydrogen (secondary N) is 3. The van der Waals surface area contributed by atoms with E-state index in [2.05, 4.69) is 40.0 Å². The molecule has 3 rings (SSSR count). The molecule has 3 N–H and O–H groups in total. The quantitative estimate of drug-likeness (QED) is 0.313. The number of carbonyl (C=O) groups is 1. The normalized spacial score (nSPS) is 10.8. The summed E-state index contributed by atoms with van der Waals surface area (Å²) in [4.78, 5) is 16.6. The molecular formula is C26H30ClFN4O. The van der Waals surface area contributed by atoms with Gasteiger partial charge in [-0.15, -0.1) is 0 Å². The van der Waals surface area contributed by atoms with Gasteiger partial charge in [-0.05, 0) is 73.0 Å². The fourth-order valence-corrected chi connectivity index (χ4v) is 3.44. The van der Waals surface area contributed by atoms with Crippen molar-refractivity contribution in [2.45, 2.75) is 39.3 Å². The average Bonchev–Trinajstić information content (AvgIpc) is 2.84. The van der Waals surface area contributed by atoms with Crippen molar-refractivity contribution in [3.63, 3.8) is 0 Å². The molecule has 0 radical (unpaired) electrons. The topological polar surface area (TPSA) is 66.0 Å². The number of unbranched alkanes of at least 4 members (excludes halogenated alkanes) is 1. The van der Waals surface area contributed by atoms with Crippen molar-refractivity contribution in [3.8, 4) is 0 Å². The van der Waals surface area contributed by atoms with Crippen LogP contribution in [-0.4, -0.2) is 24.0 Å². The summed E-state index contributed by atoms with van der Waals surface area (Å²) in [5, 5.41) is 10.3. The fourth-order valence-electron chi connectivity index (χ4n) is 3.26. The van der Waals surface area contributed by atoms with E-state index in [9.17, 15) is 9.18 Å². The smallest absolute Gasteiger partial charge is 0.270 e. The molecule has 1 aromatic heterocycles. The molecule has 5 nitrogen and oxygen atoms in total. The summed E-state index contributed by atoms with van der Waals surface area (Å²) in [6, 6.07) is 15.6. The third-order valence-corrected chi connectivity index (χ3v) is 5.56. The molecular weight excluding hydrogens is 439 g/mol. The average molecular weight is 469 g/mol. The Labute approximate surface area is 199 Å². The first-order valence-corrected chi connectivity index (χ1v) is 11.6. The molecule has 1 heterocycles. The lowest BCUT2D eigenvalue weighted by atomic mass is 10.1. The summed E-state index contributed by atoms with van der Waals surface area (Å²) < 4.78 is 13.0. The number of nitrogens with zero attached hydrogens (tertiary/aromatic N) is 1. The molecule has 0 aliphatic rings. The minimum absolute atomic E-state index is 0.276. The van der Waals surface area contributed by atoms with E-state index < -0.39 is 0 Å². The lowest BCUT2D eigenvalue weighted by Crippen LogP contribution is -2.23. The summed E-state index contributed by atoms with van der Waals surface area (Å²) in [6.45, 7) is 5.03. The Morgan fingerprint density at radius 3 is 2.45 bits per heavy atom. The van der Waals surface area contributed by atoms with Gasteiger partial charge in [0, 0.05) is 19.3 Å². The van der Waals surface area contributed by atoms with Gasteiger partial charge < -0.3 is 16.0 Å². The Morgan fingerprint density at radius 2 is 1.73 bits per heavy atom. The maximum atomic E-state index is 13.0. The van der Waals surface area contributed by atoms with Gasteiger partial charge >= 0.3 is 0 Å².